The Balaban J connectivity index is 2.16. The largest absolute Gasteiger partial charge is 0.362 e. The number of anilines is 1. The van der Waals surface area contributed by atoms with Crippen molar-refractivity contribution in [2.45, 2.75) is 18.9 Å². The van der Waals surface area contributed by atoms with Crippen LogP contribution in [0.25, 0.3) is 0 Å². The van der Waals surface area contributed by atoms with Gasteiger partial charge in [-0.25, -0.2) is 9.37 Å². The molecule has 17 heavy (non-hydrogen) atoms. The molecule has 2 N–H and O–H groups in total. The number of rotatable bonds is 3. The first-order chi connectivity index (χ1) is 8.16. The minimum atomic E-state index is -0.701. The van der Waals surface area contributed by atoms with Crippen molar-refractivity contribution >= 4 is 11.5 Å². The minimum absolute atomic E-state index is 0.142. The van der Waals surface area contributed by atoms with Crippen molar-refractivity contribution in [3.63, 3.8) is 0 Å². The van der Waals surface area contributed by atoms with Crippen LogP contribution in [-0.2, 0) is 0 Å². The third-order valence-corrected chi connectivity index (χ3v) is 2.71. The summed E-state index contributed by atoms with van der Waals surface area (Å²) in [5.41, 5.74) is -0.316. The average Bonchev–Trinajstić information content (AvgIpc) is 2.32. The van der Waals surface area contributed by atoms with Crippen LogP contribution in [0.5, 0.6) is 0 Å². The predicted molar refractivity (Wildman–Crippen MR) is 60.4 cm³/mol. The number of halogens is 1. The van der Waals surface area contributed by atoms with E-state index in [4.69, 9.17) is 0 Å². The molecule has 0 spiro atoms. The Morgan fingerprint density at radius 2 is 2.24 bits per heavy atom. The fourth-order valence-electron chi connectivity index (χ4n) is 1.84. The van der Waals surface area contributed by atoms with Crippen molar-refractivity contribution in [2.24, 2.45) is 0 Å². The van der Waals surface area contributed by atoms with Gasteiger partial charge in [0.25, 0.3) is 0 Å². The summed E-state index contributed by atoms with van der Waals surface area (Å²) < 4.78 is 12.9. The molecule has 0 aliphatic carbocycles. The second-order valence-electron chi connectivity index (χ2n) is 3.95. The molecule has 0 aromatic carbocycles. The number of nitrogens with one attached hydrogen (secondary N) is 2. The molecule has 0 unspecified atom stereocenters. The van der Waals surface area contributed by atoms with Crippen LogP contribution in [0.15, 0.2) is 12.3 Å². The maximum Gasteiger partial charge on any atom is 0.314 e. The van der Waals surface area contributed by atoms with E-state index in [9.17, 15) is 14.5 Å². The molecule has 2 heterocycles. The van der Waals surface area contributed by atoms with E-state index in [1.165, 1.54) is 0 Å². The van der Waals surface area contributed by atoms with Crippen LogP contribution in [0.3, 0.4) is 0 Å². The van der Waals surface area contributed by atoms with Gasteiger partial charge in [0, 0.05) is 6.04 Å². The maximum absolute atomic E-state index is 12.9. The molecule has 1 saturated heterocycles. The third kappa shape index (κ3) is 2.88. The normalized spacial score (nSPS) is 16.8. The van der Waals surface area contributed by atoms with Crippen LogP contribution >= 0.6 is 0 Å². The summed E-state index contributed by atoms with van der Waals surface area (Å²) in [6.45, 7) is 1.74. The van der Waals surface area contributed by atoms with Crippen molar-refractivity contribution in [1.82, 2.24) is 10.3 Å². The highest BCUT2D eigenvalue weighted by molar-refractivity contribution is 5.55. The summed E-state index contributed by atoms with van der Waals surface area (Å²) in [7, 11) is 0. The van der Waals surface area contributed by atoms with Gasteiger partial charge in [-0.05, 0) is 25.9 Å². The molecule has 1 aromatic heterocycles. The van der Waals surface area contributed by atoms with E-state index < -0.39 is 10.7 Å². The molecule has 0 bridgehead atoms. The van der Waals surface area contributed by atoms with E-state index in [-0.39, 0.29) is 17.5 Å². The molecule has 6 nitrogen and oxygen atoms in total. The quantitative estimate of drug-likeness (QED) is 0.614. The van der Waals surface area contributed by atoms with Gasteiger partial charge in [0.15, 0.2) is 0 Å². The Bertz CT molecular complexity index is 421. The summed E-state index contributed by atoms with van der Waals surface area (Å²) >= 11 is 0. The van der Waals surface area contributed by atoms with Gasteiger partial charge in [0.2, 0.25) is 5.82 Å². The third-order valence-electron chi connectivity index (χ3n) is 2.71. The standard InChI is InChI=1S/C10H13FN4O2/c11-7-5-9(15(16)17)10(13-6-7)14-8-1-3-12-4-2-8/h5-6,8,12H,1-4H2,(H,13,14). The number of piperidine rings is 1. The van der Waals surface area contributed by atoms with Gasteiger partial charge in [0.05, 0.1) is 17.2 Å². The highest BCUT2D eigenvalue weighted by Crippen LogP contribution is 2.24. The number of hydrogen-bond acceptors (Lipinski definition) is 5. The molecule has 92 valence electrons. The van der Waals surface area contributed by atoms with Crippen LogP contribution in [0, 0.1) is 15.9 Å². The smallest absolute Gasteiger partial charge is 0.314 e. The average molecular weight is 240 g/mol. The van der Waals surface area contributed by atoms with E-state index in [1.54, 1.807) is 0 Å². The molecule has 1 aromatic rings. The molecular weight excluding hydrogens is 227 g/mol. The van der Waals surface area contributed by atoms with Crippen LogP contribution in [0.1, 0.15) is 12.8 Å². The van der Waals surface area contributed by atoms with Crippen molar-refractivity contribution in [1.29, 1.82) is 0 Å². The minimum Gasteiger partial charge on any atom is -0.362 e. The van der Waals surface area contributed by atoms with E-state index in [0.29, 0.717) is 0 Å². The van der Waals surface area contributed by atoms with Crippen LogP contribution in [0.2, 0.25) is 0 Å². The van der Waals surface area contributed by atoms with Crippen molar-refractivity contribution in [3.8, 4) is 0 Å². The van der Waals surface area contributed by atoms with Gasteiger partial charge in [-0.2, -0.15) is 0 Å². The van der Waals surface area contributed by atoms with Crippen LogP contribution < -0.4 is 10.6 Å². The maximum atomic E-state index is 12.9. The fourth-order valence-corrected chi connectivity index (χ4v) is 1.84. The summed E-state index contributed by atoms with van der Waals surface area (Å²) in [5, 5.41) is 17.0. The lowest BCUT2D eigenvalue weighted by Crippen LogP contribution is -2.35. The van der Waals surface area contributed by atoms with Gasteiger partial charge in [-0.15, -0.1) is 0 Å². The summed E-state index contributed by atoms with van der Waals surface area (Å²) in [4.78, 5) is 13.9. The predicted octanol–water partition coefficient (Wildman–Crippen LogP) is 1.29. The lowest BCUT2D eigenvalue weighted by molar-refractivity contribution is -0.384. The van der Waals surface area contributed by atoms with Crippen molar-refractivity contribution in [3.05, 3.63) is 28.2 Å². The SMILES string of the molecule is O=[N+]([O-])c1cc(F)cnc1NC1CCNCC1. The van der Waals surface area contributed by atoms with Gasteiger partial charge >= 0.3 is 5.69 Å². The van der Waals surface area contributed by atoms with Crippen molar-refractivity contribution < 1.29 is 9.31 Å². The fraction of sp³-hybridized carbons (Fsp3) is 0.500. The molecule has 1 aliphatic rings. The molecule has 1 fully saturated rings. The van der Waals surface area contributed by atoms with E-state index in [2.05, 4.69) is 15.6 Å². The number of hydrogen-bond donors (Lipinski definition) is 2. The first kappa shape index (κ1) is 11.7. The number of nitro groups is 1. The van der Waals surface area contributed by atoms with E-state index in [0.717, 1.165) is 38.2 Å². The van der Waals surface area contributed by atoms with Gasteiger partial charge in [0.1, 0.15) is 5.82 Å². The van der Waals surface area contributed by atoms with Crippen LogP contribution in [-0.4, -0.2) is 29.0 Å². The molecule has 0 amide bonds. The summed E-state index contributed by atoms with van der Waals surface area (Å²) in [6, 6.07) is 1.03. The van der Waals surface area contributed by atoms with Gasteiger partial charge in [-0.3, -0.25) is 10.1 Å². The van der Waals surface area contributed by atoms with Crippen molar-refractivity contribution in [2.75, 3.05) is 18.4 Å². The second kappa shape index (κ2) is 5.05. The highest BCUT2D eigenvalue weighted by atomic mass is 19.1. The van der Waals surface area contributed by atoms with Gasteiger partial charge < -0.3 is 10.6 Å². The molecule has 0 atom stereocenters. The topological polar surface area (TPSA) is 80.1 Å². The molecular formula is C10H13FN4O2. The van der Waals surface area contributed by atoms with E-state index >= 15 is 0 Å². The summed E-state index contributed by atoms with van der Waals surface area (Å²) in [6.07, 6.45) is 2.73. The van der Waals surface area contributed by atoms with Gasteiger partial charge in [-0.1, -0.05) is 0 Å². The summed E-state index contributed by atoms with van der Waals surface area (Å²) in [5.74, 6) is -0.559. The lowest BCUT2D eigenvalue weighted by atomic mass is 10.1. The zero-order valence-electron chi connectivity index (χ0n) is 9.15. The van der Waals surface area contributed by atoms with Crippen LogP contribution in [0.4, 0.5) is 15.9 Å². The molecule has 7 heteroatoms. The number of pyridine rings is 1. The Morgan fingerprint density at radius 1 is 1.53 bits per heavy atom. The number of aromatic nitrogens is 1. The first-order valence-corrected chi connectivity index (χ1v) is 5.44. The molecule has 0 saturated carbocycles. The Morgan fingerprint density at radius 3 is 2.88 bits per heavy atom. The monoisotopic (exact) mass is 240 g/mol. The molecule has 1 aliphatic heterocycles. The highest BCUT2D eigenvalue weighted by Gasteiger charge is 2.20. The molecule has 0 radical (unpaired) electrons. The number of nitrogens with zero attached hydrogens (tertiary/aromatic N) is 2. The zero-order chi connectivity index (χ0) is 12.3. The Hall–Kier alpha value is -1.76. The first-order valence-electron chi connectivity index (χ1n) is 5.44. The molecule has 2 rings (SSSR count). The van der Waals surface area contributed by atoms with E-state index in [1.807, 2.05) is 0 Å². The lowest BCUT2D eigenvalue weighted by Gasteiger charge is -2.23. The Labute approximate surface area is 97.4 Å². The zero-order valence-corrected chi connectivity index (χ0v) is 9.15. The Kier molecular flexibility index (Phi) is 3.48. The second-order valence-corrected chi connectivity index (χ2v) is 3.95.